The molecule has 0 aromatic carbocycles. The number of aromatic nitrogens is 2. The predicted octanol–water partition coefficient (Wildman–Crippen LogP) is 3.05. The van der Waals surface area contributed by atoms with Crippen molar-refractivity contribution in [2.75, 3.05) is 13.1 Å². The monoisotopic (exact) mass is 321 g/mol. The Morgan fingerprint density at radius 1 is 1.27 bits per heavy atom. The van der Waals surface area contributed by atoms with Gasteiger partial charge in [-0.1, -0.05) is 13.8 Å². The number of carbonyl (C=O) groups excluding carboxylic acids is 1. The lowest BCUT2D eigenvalue weighted by Gasteiger charge is -2.21. The Bertz CT molecular complexity index is 727. The zero-order chi connectivity index (χ0) is 16.3. The van der Waals surface area contributed by atoms with Gasteiger partial charge in [-0.25, -0.2) is 4.98 Å². The maximum Gasteiger partial charge on any atom is 0.264 e. The van der Waals surface area contributed by atoms with Crippen LogP contribution in [0.5, 0.6) is 0 Å². The summed E-state index contributed by atoms with van der Waals surface area (Å²) in [6, 6.07) is 0. The second kappa shape index (κ2) is 7.05. The number of thiophene rings is 1. The molecule has 0 spiro atoms. The summed E-state index contributed by atoms with van der Waals surface area (Å²) in [5.41, 5.74) is 0.709. The van der Waals surface area contributed by atoms with Gasteiger partial charge < -0.3 is 4.90 Å². The molecule has 5 nitrogen and oxygen atoms in total. The zero-order valence-corrected chi connectivity index (χ0v) is 14.5. The van der Waals surface area contributed by atoms with Gasteiger partial charge in [0.25, 0.3) is 11.5 Å². The van der Waals surface area contributed by atoms with Gasteiger partial charge in [-0.3, -0.25) is 14.2 Å². The minimum atomic E-state index is -0.0576. The molecule has 0 aliphatic rings. The van der Waals surface area contributed by atoms with Crippen LogP contribution in [0.15, 0.2) is 11.1 Å². The summed E-state index contributed by atoms with van der Waals surface area (Å²) in [7, 11) is 0. The SMILES string of the molecule is CCCN(CCC)C(=O)c1sc2ncn(CC)c(=O)c2c1C. The highest BCUT2D eigenvalue weighted by Crippen LogP contribution is 2.28. The van der Waals surface area contributed by atoms with E-state index >= 15 is 0 Å². The summed E-state index contributed by atoms with van der Waals surface area (Å²) in [5, 5.41) is 0.589. The minimum Gasteiger partial charge on any atom is -0.338 e. The lowest BCUT2D eigenvalue weighted by molar-refractivity contribution is 0.0760. The van der Waals surface area contributed by atoms with Crippen molar-refractivity contribution in [2.24, 2.45) is 0 Å². The van der Waals surface area contributed by atoms with Crippen LogP contribution in [0.2, 0.25) is 0 Å². The van der Waals surface area contributed by atoms with E-state index in [1.54, 1.807) is 10.9 Å². The highest BCUT2D eigenvalue weighted by Gasteiger charge is 2.22. The van der Waals surface area contributed by atoms with E-state index < -0.39 is 0 Å². The molecule has 6 heteroatoms. The number of nitrogens with zero attached hydrogens (tertiary/aromatic N) is 3. The van der Waals surface area contributed by atoms with E-state index in [0.29, 0.717) is 21.6 Å². The number of rotatable bonds is 6. The first-order valence-corrected chi connectivity index (χ1v) is 8.64. The van der Waals surface area contributed by atoms with Crippen LogP contribution in [-0.4, -0.2) is 33.4 Å². The Hall–Kier alpha value is -1.69. The van der Waals surface area contributed by atoms with Gasteiger partial charge in [0.15, 0.2) is 0 Å². The molecule has 120 valence electrons. The Morgan fingerprint density at radius 3 is 2.45 bits per heavy atom. The van der Waals surface area contributed by atoms with E-state index in [1.807, 2.05) is 18.7 Å². The normalized spacial score (nSPS) is 11.1. The maximum absolute atomic E-state index is 12.8. The van der Waals surface area contributed by atoms with Crippen LogP contribution < -0.4 is 5.56 Å². The van der Waals surface area contributed by atoms with Gasteiger partial charge in [0, 0.05) is 19.6 Å². The first-order chi connectivity index (χ1) is 10.5. The van der Waals surface area contributed by atoms with Gasteiger partial charge in [-0.2, -0.15) is 0 Å². The quantitative estimate of drug-likeness (QED) is 0.821. The highest BCUT2D eigenvalue weighted by atomic mass is 32.1. The van der Waals surface area contributed by atoms with Crippen molar-refractivity contribution in [3.05, 3.63) is 27.1 Å². The molecule has 0 N–H and O–H groups in total. The molecule has 0 fully saturated rings. The first-order valence-electron chi connectivity index (χ1n) is 7.82. The van der Waals surface area contributed by atoms with E-state index in [-0.39, 0.29) is 11.5 Å². The van der Waals surface area contributed by atoms with E-state index in [2.05, 4.69) is 18.8 Å². The third-order valence-corrected chi connectivity index (χ3v) is 4.91. The third-order valence-electron chi connectivity index (χ3n) is 3.73. The topological polar surface area (TPSA) is 55.2 Å². The molecule has 2 aromatic heterocycles. The lowest BCUT2D eigenvalue weighted by Crippen LogP contribution is -2.32. The summed E-state index contributed by atoms with van der Waals surface area (Å²) in [6.07, 6.45) is 3.41. The third kappa shape index (κ3) is 2.92. The smallest absolute Gasteiger partial charge is 0.264 e. The van der Waals surface area contributed by atoms with Crippen LogP contribution in [0, 0.1) is 6.92 Å². The molecule has 0 aliphatic carbocycles. The summed E-state index contributed by atoms with van der Waals surface area (Å²) in [6.45, 7) is 9.96. The van der Waals surface area contributed by atoms with Gasteiger partial charge in [-0.05, 0) is 32.3 Å². The van der Waals surface area contributed by atoms with Crippen molar-refractivity contribution in [3.8, 4) is 0 Å². The summed E-state index contributed by atoms with van der Waals surface area (Å²) in [4.78, 5) is 32.7. The molecule has 0 radical (unpaired) electrons. The van der Waals surface area contributed by atoms with Crippen molar-refractivity contribution < 1.29 is 4.79 Å². The number of hydrogen-bond acceptors (Lipinski definition) is 4. The number of fused-ring (bicyclic) bond motifs is 1. The van der Waals surface area contributed by atoms with Crippen molar-refractivity contribution in [1.82, 2.24) is 14.5 Å². The molecule has 0 atom stereocenters. The largest absolute Gasteiger partial charge is 0.338 e. The van der Waals surface area contributed by atoms with Crippen LogP contribution in [-0.2, 0) is 6.54 Å². The summed E-state index contributed by atoms with van der Waals surface area (Å²) < 4.78 is 1.58. The first kappa shape index (κ1) is 16.7. The van der Waals surface area contributed by atoms with Crippen LogP contribution in [0.4, 0.5) is 0 Å². The number of hydrogen-bond donors (Lipinski definition) is 0. The van der Waals surface area contributed by atoms with Crippen LogP contribution in [0.25, 0.3) is 10.2 Å². The molecule has 2 rings (SSSR count). The Labute approximate surface area is 134 Å². The number of amides is 1. The van der Waals surface area contributed by atoms with Gasteiger partial charge >= 0.3 is 0 Å². The summed E-state index contributed by atoms with van der Waals surface area (Å²) in [5.74, 6) is 0.0200. The molecular weight excluding hydrogens is 298 g/mol. The Balaban J connectivity index is 2.52. The molecule has 22 heavy (non-hydrogen) atoms. The molecule has 0 aliphatic heterocycles. The minimum absolute atomic E-state index is 0.0200. The zero-order valence-electron chi connectivity index (χ0n) is 13.7. The molecule has 0 unspecified atom stereocenters. The molecule has 0 saturated carbocycles. The van der Waals surface area contributed by atoms with Gasteiger partial charge in [0.05, 0.1) is 16.6 Å². The van der Waals surface area contributed by atoms with E-state index in [0.717, 1.165) is 31.5 Å². The maximum atomic E-state index is 12.8. The van der Waals surface area contributed by atoms with Crippen LogP contribution in [0.1, 0.15) is 48.8 Å². The van der Waals surface area contributed by atoms with Crippen LogP contribution >= 0.6 is 11.3 Å². The van der Waals surface area contributed by atoms with E-state index in [1.165, 1.54) is 11.3 Å². The van der Waals surface area contributed by atoms with E-state index in [4.69, 9.17) is 0 Å². The van der Waals surface area contributed by atoms with Crippen molar-refractivity contribution >= 4 is 27.5 Å². The fraction of sp³-hybridized carbons (Fsp3) is 0.562. The highest BCUT2D eigenvalue weighted by molar-refractivity contribution is 7.20. The molecule has 0 bridgehead atoms. The molecule has 1 amide bonds. The van der Waals surface area contributed by atoms with Crippen molar-refractivity contribution in [3.63, 3.8) is 0 Å². The molecular formula is C16H23N3O2S. The van der Waals surface area contributed by atoms with E-state index in [9.17, 15) is 9.59 Å². The van der Waals surface area contributed by atoms with Gasteiger partial charge in [0.1, 0.15) is 4.83 Å². The Morgan fingerprint density at radius 2 is 1.91 bits per heavy atom. The standard InChI is InChI=1S/C16H23N3O2S/c1-5-8-19(9-6-2)16(21)13-11(4)12-14(22-13)17-10-18(7-3)15(12)20/h10H,5-9H2,1-4H3. The predicted molar refractivity (Wildman–Crippen MR) is 90.8 cm³/mol. The molecule has 2 aromatic rings. The van der Waals surface area contributed by atoms with Crippen molar-refractivity contribution in [1.29, 1.82) is 0 Å². The second-order valence-electron chi connectivity index (χ2n) is 5.36. The van der Waals surface area contributed by atoms with Crippen LogP contribution in [0.3, 0.4) is 0 Å². The fourth-order valence-electron chi connectivity index (χ4n) is 2.59. The number of carbonyl (C=O) groups is 1. The summed E-state index contributed by atoms with van der Waals surface area (Å²) >= 11 is 1.33. The van der Waals surface area contributed by atoms with Gasteiger partial charge in [-0.15, -0.1) is 11.3 Å². The molecule has 2 heterocycles. The number of aryl methyl sites for hydroxylation is 2. The second-order valence-corrected chi connectivity index (χ2v) is 6.36. The fourth-order valence-corrected chi connectivity index (χ4v) is 3.69. The van der Waals surface area contributed by atoms with Crippen molar-refractivity contribution in [2.45, 2.75) is 47.1 Å². The van der Waals surface area contributed by atoms with Gasteiger partial charge in [0.2, 0.25) is 0 Å². The molecule has 0 saturated heterocycles. The average molecular weight is 321 g/mol. The average Bonchev–Trinajstić information content (AvgIpc) is 2.84. The lowest BCUT2D eigenvalue weighted by atomic mass is 10.2. The Kier molecular flexibility index (Phi) is 5.34.